The summed E-state index contributed by atoms with van der Waals surface area (Å²) in [6.07, 6.45) is 2.20. The monoisotopic (exact) mass is 328 g/mol. The number of aromatic nitrogens is 1. The highest BCUT2D eigenvalue weighted by molar-refractivity contribution is 5.57. The lowest BCUT2D eigenvalue weighted by Gasteiger charge is -2.04. The van der Waals surface area contributed by atoms with Crippen LogP contribution < -0.4 is 11.1 Å². The van der Waals surface area contributed by atoms with E-state index in [9.17, 15) is 14.9 Å². The predicted octanol–water partition coefficient (Wildman–Crippen LogP) is 2.93. The van der Waals surface area contributed by atoms with Crippen molar-refractivity contribution in [1.29, 1.82) is 0 Å². The summed E-state index contributed by atoms with van der Waals surface area (Å²) in [5.41, 5.74) is 6.00. The molecular formula is C16H32N4O3. The van der Waals surface area contributed by atoms with Crippen molar-refractivity contribution in [2.45, 2.75) is 54.1 Å². The summed E-state index contributed by atoms with van der Waals surface area (Å²) >= 11 is 0. The lowest BCUT2D eigenvalue weighted by Crippen LogP contribution is -2.27. The Morgan fingerprint density at radius 1 is 1.35 bits per heavy atom. The number of nitrogens with zero attached hydrogens (tertiary/aromatic N) is 2. The van der Waals surface area contributed by atoms with Gasteiger partial charge in [-0.15, -0.1) is 0 Å². The van der Waals surface area contributed by atoms with Gasteiger partial charge in [0.25, 0.3) is 5.69 Å². The number of pyridine rings is 1. The van der Waals surface area contributed by atoms with Crippen LogP contribution in [-0.4, -0.2) is 29.3 Å². The molecule has 23 heavy (non-hydrogen) atoms. The molecule has 0 bridgehead atoms. The molecule has 0 aliphatic rings. The van der Waals surface area contributed by atoms with Crippen molar-refractivity contribution in [3.63, 3.8) is 0 Å². The number of rotatable bonds is 5. The highest BCUT2D eigenvalue weighted by atomic mass is 16.6. The summed E-state index contributed by atoms with van der Waals surface area (Å²) in [7, 11) is 1.76. The average molecular weight is 328 g/mol. The first-order valence-electron chi connectivity index (χ1n) is 7.87. The SMILES string of the molecule is CC.CC.CC(C)C(N)C=O.CNCc1cc([N+](=O)[O-])ccn1. The average Bonchev–Trinajstić information content (AvgIpc) is 2.58. The third-order valence-electron chi connectivity index (χ3n) is 2.30. The van der Waals surface area contributed by atoms with E-state index in [4.69, 9.17) is 5.73 Å². The van der Waals surface area contributed by atoms with Gasteiger partial charge in [0.05, 0.1) is 16.7 Å². The molecule has 7 heteroatoms. The van der Waals surface area contributed by atoms with Crippen molar-refractivity contribution >= 4 is 12.0 Å². The van der Waals surface area contributed by atoms with Gasteiger partial charge in [0.15, 0.2) is 0 Å². The van der Waals surface area contributed by atoms with Crippen LogP contribution >= 0.6 is 0 Å². The van der Waals surface area contributed by atoms with Gasteiger partial charge in [0.2, 0.25) is 0 Å². The molecule has 0 aliphatic carbocycles. The van der Waals surface area contributed by atoms with Crippen molar-refractivity contribution in [3.05, 3.63) is 34.1 Å². The highest BCUT2D eigenvalue weighted by Crippen LogP contribution is 2.09. The summed E-state index contributed by atoms with van der Waals surface area (Å²) in [5.74, 6) is 0.275. The van der Waals surface area contributed by atoms with Gasteiger partial charge < -0.3 is 15.8 Å². The van der Waals surface area contributed by atoms with Gasteiger partial charge in [0, 0.05) is 24.9 Å². The van der Waals surface area contributed by atoms with Gasteiger partial charge in [-0.1, -0.05) is 41.5 Å². The van der Waals surface area contributed by atoms with Gasteiger partial charge in [-0.3, -0.25) is 15.1 Å². The van der Waals surface area contributed by atoms with Crippen molar-refractivity contribution in [2.75, 3.05) is 7.05 Å². The Morgan fingerprint density at radius 3 is 2.17 bits per heavy atom. The molecule has 1 aromatic rings. The summed E-state index contributed by atoms with van der Waals surface area (Å²) in [4.78, 5) is 23.7. The van der Waals surface area contributed by atoms with E-state index in [-0.39, 0.29) is 17.6 Å². The van der Waals surface area contributed by atoms with Crippen LogP contribution in [0.2, 0.25) is 0 Å². The number of hydrogen-bond donors (Lipinski definition) is 2. The lowest BCUT2D eigenvalue weighted by molar-refractivity contribution is -0.385. The summed E-state index contributed by atoms with van der Waals surface area (Å²) in [6.45, 7) is 12.4. The van der Waals surface area contributed by atoms with Crippen LogP contribution in [0.1, 0.15) is 47.2 Å². The molecule has 1 atom stereocenters. The van der Waals surface area contributed by atoms with Gasteiger partial charge in [0.1, 0.15) is 6.29 Å². The molecule has 7 nitrogen and oxygen atoms in total. The fourth-order valence-electron chi connectivity index (χ4n) is 1.01. The van der Waals surface area contributed by atoms with E-state index in [1.807, 2.05) is 41.5 Å². The third kappa shape index (κ3) is 14.8. The van der Waals surface area contributed by atoms with Gasteiger partial charge in [-0.25, -0.2) is 0 Å². The second kappa shape index (κ2) is 18.2. The number of carbonyl (C=O) groups is 1. The molecule has 0 saturated carbocycles. The molecule has 0 saturated heterocycles. The van der Waals surface area contributed by atoms with Crippen LogP contribution in [0.25, 0.3) is 0 Å². The zero-order chi connectivity index (χ0) is 18.8. The number of carbonyl (C=O) groups excluding carboxylic acids is 1. The normalized spacial score (nSPS) is 9.96. The highest BCUT2D eigenvalue weighted by Gasteiger charge is 2.05. The van der Waals surface area contributed by atoms with Crippen LogP contribution in [0.5, 0.6) is 0 Å². The van der Waals surface area contributed by atoms with Gasteiger partial charge in [-0.2, -0.15) is 0 Å². The maximum Gasteiger partial charge on any atom is 0.272 e. The van der Waals surface area contributed by atoms with Gasteiger partial charge in [-0.05, 0) is 13.0 Å². The Kier molecular flexibility index (Phi) is 20.6. The van der Waals surface area contributed by atoms with E-state index in [0.717, 1.165) is 6.29 Å². The first kappa shape index (κ1) is 26.1. The maximum atomic E-state index is 10.3. The number of nitrogens with two attached hydrogens (primary N) is 1. The topological polar surface area (TPSA) is 111 Å². The standard InChI is InChI=1S/C7H9N3O2.C5H11NO.2C2H6/c1-8-5-6-4-7(10(11)12)2-3-9-6;1-4(2)5(6)3-7;2*1-2/h2-4,8H,5H2,1H3;3-5H,6H2,1-2H3;2*1-2H3. The fraction of sp³-hybridized carbons (Fsp3) is 0.625. The minimum absolute atomic E-state index is 0.0789. The van der Waals surface area contributed by atoms with E-state index in [1.165, 1.54) is 18.3 Å². The minimum Gasteiger partial charge on any atom is -0.322 e. The molecule has 0 fully saturated rings. The van der Waals surface area contributed by atoms with E-state index >= 15 is 0 Å². The van der Waals surface area contributed by atoms with Crippen LogP contribution in [-0.2, 0) is 11.3 Å². The Hall–Kier alpha value is -1.86. The quantitative estimate of drug-likeness (QED) is 0.488. The molecule has 0 amide bonds. The van der Waals surface area contributed by atoms with Crippen LogP contribution in [0.15, 0.2) is 18.3 Å². The van der Waals surface area contributed by atoms with E-state index < -0.39 is 4.92 Å². The van der Waals surface area contributed by atoms with Crippen LogP contribution in [0.3, 0.4) is 0 Å². The van der Waals surface area contributed by atoms with E-state index in [2.05, 4.69) is 10.3 Å². The van der Waals surface area contributed by atoms with E-state index in [1.54, 1.807) is 7.05 Å². The first-order valence-corrected chi connectivity index (χ1v) is 7.87. The molecule has 3 N–H and O–H groups in total. The Labute approximate surface area is 139 Å². The zero-order valence-corrected chi connectivity index (χ0v) is 15.4. The Bertz CT molecular complexity index is 412. The zero-order valence-electron chi connectivity index (χ0n) is 15.4. The lowest BCUT2D eigenvalue weighted by atomic mass is 10.1. The van der Waals surface area contributed by atoms with Crippen molar-refractivity contribution in [2.24, 2.45) is 11.7 Å². The largest absolute Gasteiger partial charge is 0.322 e. The predicted molar refractivity (Wildman–Crippen MR) is 95.2 cm³/mol. The molecule has 0 aliphatic heterocycles. The summed E-state index contributed by atoms with van der Waals surface area (Å²) in [6, 6.07) is 2.55. The minimum atomic E-state index is -0.430. The first-order chi connectivity index (χ1) is 10.9. The molecule has 0 radical (unpaired) electrons. The number of nitro groups is 1. The smallest absolute Gasteiger partial charge is 0.272 e. The van der Waals surface area contributed by atoms with Crippen molar-refractivity contribution < 1.29 is 9.72 Å². The third-order valence-corrected chi connectivity index (χ3v) is 2.30. The number of hydrogen-bond acceptors (Lipinski definition) is 6. The van der Waals surface area contributed by atoms with Crippen molar-refractivity contribution in [3.8, 4) is 0 Å². The molecule has 1 aromatic heterocycles. The molecule has 1 heterocycles. The maximum absolute atomic E-state index is 10.3. The van der Waals surface area contributed by atoms with Crippen LogP contribution in [0.4, 0.5) is 5.69 Å². The molecule has 1 unspecified atom stereocenters. The number of aldehydes is 1. The van der Waals surface area contributed by atoms with Gasteiger partial charge >= 0.3 is 0 Å². The molecule has 134 valence electrons. The molecular weight excluding hydrogens is 296 g/mol. The summed E-state index contributed by atoms with van der Waals surface area (Å²) in [5, 5.41) is 13.2. The molecule has 0 aromatic carbocycles. The van der Waals surface area contributed by atoms with Crippen LogP contribution in [0, 0.1) is 16.0 Å². The second-order valence-corrected chi connectivity index (χ2v) is 4.25. The molecule has 0 spiro atoms. The van der Waals surface area contributed by atoms with E-state index in [0.29, 0.717) is 12.2 Å². The fourth-order valence-corrected chi connectivity index (χ4v) is 1.01. The summed E-state index contributed by atoms with van der Waals surface area (Å²) < 4.78 is 0. The number of nitrogens with one attached hydrogen (secondary N) is 1. The molecule has 1 rings (SSSR count). The Morgan fingerprint density at radius 2 is 1.87 bits per heavy atom. The second-order valence-electron chi connectivity index (χ2n) is 4.25. The van der Waals surface area contributed by atoms with Crippen molar-refractivity contribution in [1.82, 2.24) is 10.3 Å². The Balaban J connectivity index is -0.000000312.